The molecule has 2 saturated carbocycles. The lowest BCUT2D eigenvalue weighted by Crippen LogP contribution is -2.64. The maximum atomic E-state index is 13.0. The van der Waals surface area contributed by atoms with Gasteiger partial charge in [0.2, 0.25) is 0 Å². The Morgan fingerprint density at radius 2 is 1.81 bits per heavy atom. The fraction of sp³-hybridized carbons (Fsp3) is 0.720. The van der Waals surface area contributed by atoms with Gasteiger partial charge in [-0.3, -0.25) is 9.59 Å². The van der Waals surface area contributed by atoms with Crippen LogP contribution in [-0.2, 0) is 19.1 Å². The third-order valence-corrected chi connectivity index (χ3v) is 9.16. The van der Waals surface area contributed by atoms with Crippen molar-refractivity contribution in [3.63, 3.8) is 0 Å². The summed E-state index contributed by atoms with van der Waals surface area (Å²) >= 11 is 0. The van der Waals surface area contributed by atoms with Gasteiger partial charge in [-0.1, -0.05) is 32.9 Å². The molecule has 2 fully saturated rings. The minimum absolute atomic E-state index is 0.0290. The molecular formula is C25H34O7. The van der Waals surface area contributed by atoms with Crippen LogP contribution in [0.25, 0.3) is 0 Å². The summed E-state index contributed by atoms with van der Waals surface area (Å²) in [6, 6.07) is 0. The Hall–Kier alpha value is -1.83. The molecule has 0 aliphatic heterocycles. The minimum atomic E-state index is -1.88. The van der Waals surface area contributed by atoms with Crippen molar-refractivity contribution in [3.05, 3.63) is 23.3 Å². The Morgan fingerprint density at radius 1 is 1.19 bits per heavy atom. The van der Waals surface area contributed by atoms with Crippen LogP contribution >= 0.6 is 0 Å². The number of hydrogen-bond donors (Lipinski definition) is 3. The molecule has 0 spiro atoms. The highest BCUT2D eigenvalue weighted by molar-refractivity contribution is 6.04. The quantitative estimate of drug-likeness (QED) is 0.444. The first-order valence-electron chi connectivity index (χ1n) is 11.3. The molecule has 0 aromatic carbocycles. The molecule has 4 aliphatic rings. The molecule has 0 saturated heterocycles. The summed E-state index contributed by atoms with van der Waals surface area (Å²) in [5.41, 5.74) is -3.76. The van der Waals surface area contributed by atoms with E-state index in [2.05, 4.69) is 0 Å². The second kappa shape index (κ2) is 6.84. The molecular weight excluding hydrogens is 412 g/mol. The lowest BCUT2D eigenvalue weighted by Gasteiger charge is -2.53. The van der Waals surface area contributed by atoms with Crippen molar-refractivity contribution in [3.8, 4) is 0 Å². The summed E-state index contributed by atoms with van der Waals surface area (Å²) in [7, 11) is 0. The summed E-state index contributed by atoms with van der Waals surface area (Å²) in [6.45, 7) is 9.90. The van der Waals surface area contributed by atoms with Gasteiger partial charge in [0.25, 0.3) is 0 Å². The van der Waals surface area contributed by atoms with Gasteiger partial charge in [0, 0.05) is 42.9 Å². The van der Waals surface area contributed by atoms with E-state index in [0.29, 0.717) is 11.1 Å². The highest BCUT2D eigenvalue weighted by atomic mass is 16.5. The molecule has 0 amide bonds. The summed E-state index contributed by atoms with van der Waals surface area (Å²) in [5, 5.41) is 34.1. The van der Waals surface area contributed by atoms with Crippen molar-refractivity contribution < 1.29 is 34.4 Å². The molecule has 7 nitrogen and oxygen atoms in total. The van der Waals surface area contributed by atoms with Crippen LogP contribution < -0.4 is 0 Å². The first kappa shape index (κ1) is 23.3. The lowest BCUT2D eigenvalue weighted by molar-refractivity contribution is -0.209. The van der Waals surface area contributed by atoms with E-state index in [9.17, 15) is 29.7 Å². The van der Waals surface area contributed by atoms with E-state index in [-0.39, 0.29) is 31.1 Å². The van der Waals surface area contributed by atoms with Gasteiger partial charge >= 0.3 is 5.97 Å². The molecule has 4 rings (SSSR count). The summed E-state index contributed by atoms with van der Waals surface area (Å²) in [4.78, 5) is 37.5. The molecule has 0 radical (unpaired) electrons. The zero-order chi connectivity index (χ0) is 24.0. The molecule has 0 heterocycles. The van der Waals surface area contributed by atoms with Crippen LogP contribution in [0.5, 0.6) is 0 Å². The largest absolute Gasteiger partial charge is 0.462 e. The summed E-state index contributed by atoms with van der Waals surface area (Å²) in [5.74, 6) is -3.35. The van der Waals surface area contributed by atoms with Crippen LogP contribution in [-0.4, -0.2) is 56.8 Å². The normalized spacial score (nSPS) is 46.2. The highest BCUT2D eigenvalue weighted by Crippen LogP contribution is 2.81. The van der Waals surface area contributed by atoms with Crippen LogP contribution in [0, 0.1) is 34.5 Å². The predicted molar refractivity (Wildman–Crippen MR) is 115 cm³/mol. The van der Waals surface area contributed by atoms with Gasteiger partial charge in [0.15, 0.2) is 5.78 Å². The van der Waals surface area contributed by atoms with E-state index in [0.717, 1.165) is 0 Å². The molecule has 0 unspecified atom stereocenters. The maximum Gasteiger partial charge on any atom is 0.302 e. The molecule has 176 valence electrons. The first-order valence-corrected chi connectivity index (χ1v) is 11.3. The summed E-state index contributed by atoms with van der Waals surface area (Å²) in [6.07, 6.45) is 2.81. The number of hydrogen-bond acceptors (Lipinski definition) is 7. The smallest absolute Gasteiger partial charge is 0.302 e. The zero-order valence-electron chi connectivity index (χ0n) is 19.6. The van der Waals surface area contributed by atoms with Gasteiger partial charge in [0.05, 0.1) is 12.2 Å². The van der Waals surface area contributed by atoms with Crippen molar-refractivity contribution in [1.29, 1.82) is 0 Å². The van der Waals surface area contributed by atoms with Gasteiger partial charge in [-0.2, -0.15) is 0 Å². The number of carbonyl (C=O) groups is 3. The fourth-order valence-corrected chi connectivity index (χ4v) is 7.88. The van der Waals surface area contributed by atoms with Crippen molar-refractivity contribution in [1.82, 2.24) is 0 Å². The van der Waals surface area contributed by atoms with Crippen LogP contribution in [0.15, 0.2) is 23.3 Å². The third kappa shape index (κ3) is 2.62. The average Bonchev–Trinajstić information content (AvgIpc) is 3.10. The van der Waals surface area contributed by atoms with Crippen molar-refractivity contribution in [2.24, 2.45) is 34.5 Å². The van der Waals surface area contributed by atoms with Gasteiger partial charge in [0.1, 0.15) is 17.5 Å². The molecule has 32 heavy (non-hydrogen) atoms. The van der Waals surface area contributed by atoms with Gasteiger partial charge in [-0.05, 0) is 36.3 Å². The number of aliphatic hydroxyl groups excluding tert-OH is 1. The number of carbonyl (C=O) groups excluding carboxylic acids is 3. The number of esters is 1. The maximum absolute atomic E-state index is 13.0. The van der Waals surface area contributed by atoms with Crippen LogP contribution in [0.2, 0.25) is 0 Å². The Morgan fingerprint density at radius 3 is 2.34 bits per heavy atom. The average molecular weight is 447 g/mol. The lowest BCUT2D eigenvalue weighted by atomic mass is 9.56. The highest BCUT2D eigenvalue weighted by Gasteiger charge is 2.84. The van der Waals surface area contributed by atoms with Crippen molar-refractivity contribution in [2.45, 2.75) is 71.7 Å². The molecule has 3 N–H and O–H groups in total. The zero-order valence-corrected chi connectivity index (χ0v) is 19.6. The first-order chi connectivity index (χ1) is 14.7. The van der Waals surface area contributed by atoms with E-state index in [1.165, 1.54) is 13.8 Å². The third-order valence-electron chi connectivity index (χ3n) is 9.16. The molecule has 7 heteroatoms. The van der Waals surface area contributed by atoms with Gasteiger partial charge in [-0.25, -0.2) is 0 Å². The minimum Gasteiger partial charge on any atom is -0.462 e. The SMILES string of the molecule is CC(=O)C[C@@]12[C@H](OC(C)=O)[C@@H](C)[C@@]3(O)[C@@H](C=C(CO)C[C@]4(O)C(=O)C(C)=C[C@@H]34)[C@H]1C2(C)C. The number of Topliss-reactive ketones (excluding diaryl/α,β-unsaturated/α-hetero) is 2. The van der Waals surface area contributed by atoms with Gasteiger partial charge < -0.3 is 24.9 Å². The Balaban J connectivity index is 1.97. The Bertz CT molecular complexity index is 961. The predicted octanol–water partition coefficient (Wildman–Crippen LogP) is 1.74. The van der Waals surface area contributed by atoms with E-state index in [4.69, 9.17) is 4.74 Å². The Labute approximate surface area is 188 Å². The van der Waals surface area contributed by atoms with Crippen LogP contribution in [0.1, 0.15) is 54.4 Å². The standard InChI is InChI=1S/C25H34O7/c1-12-7-18-24(30,20(12)29)10-16(11-26)8-17-19-22(5,6)23(19,9-13(2)27)21(32-15(4)28)14(3)25(17,18)31/h7-8,14,17-19,21,26,30-31H,9-11H2,1-6H3/t14-,17+,18-,19+,21-,23+,24-,25-/m1/s1. The van der Waals surface area contributed by atoms with Crippen LogP contribution in [0.3, 0.4) is 0 Å². The molecule has 4 aliphatic carbocycles. The second-order valence-electron chi connectivity index (χ2n) is 11.1. The fourth-order valence-electron chi connectivity index (χ4n) is 7.88. The molecule has 0 aromatic rings. The number of fused-ring (bicyclic) bond motifs is 5. The second-order valence-corrected chi connectivity index (χ2v) is 11.1. The molecule has 0 aromatic heterocycles. The Kier molecular flexibility index (Phi) is 4.99. The number of ether oxygens (including phenoxy) is 1. The van der Waals surface area contributed by atoms with E-state index in [1.807, 2.05) is 19.9 Å². The van der Waals surface area contributed by atoms with Crippen molar-refractivity contribution >= 4 is 17.5 Å². The molecule has 8 atom stereocenters. The number of rotatable bonds is 4. The monoisotopic (exact) mass is 446 g/mol. The van der Waals surface area contributed by atoms with Gasteiger partial charge in [-0.15, -0.1) is 0 Å². The number of aliphatic hydroxyl groups is 3. The van der Waals surface area contributed by atoms with E-state index in [1.54, 1.807) is 19.9 Å². The number of ketones is 2. The van der Waals surface area contributed by atoms with Crippen LogP contribution in [0.4, 0.5) is 0 Å². The van der Waals surface area contributed by atoms with E-state index >= 15 is 0 Å². The van der Waals surface area contributed by atoms with Crippen molar-refractivity contribution in [2.75, 3.05) is 6.61 Å². The van der Waals surface area contributed by atoms with E-state index < -0.39 is 57.6 Å². The topological polar surface area (TPSA) is 121 Å². The molecule has 0 bridgehead atoms. The summed E-state index contributed by atoms with van der Waals surface area (Å²) < 4.78 is 5.83.